The van der Waals surface area contributed by atoms with Crippen molar-refractivity contribution in [3.05, 3.63) is 73.7 Å². The molecule has 0 bridgehead atoms. The Bertz CT molecular complexity index is 1250. The van der Waals surface area contributed by atoms with Crippen molar-refractivity contribution in [2.24, 2.45) is 0 Å². The van der Waals surface area contributed by atoms with Crippen LogP contribution in [0.4, 0.5) is 5.13 Å². The van der Waals surface area contributed by atoms with Crippen molar-refractivity contribution in [3.63, 3.8) is 0 Å². The van der Waals surface area contributed by atoms with Crippen LogP contribution >= 0.6 is 34.5 Å². The van der Waals surface area contributed by atoms with Crippen LogP contribution in [0, 0.1) is 20.8 Å². The number of piperidine rings is 1. The van der Waals surface area contributed by atoms with Gasteiger partial charge in [0.25, 0.3) is 0 Å². The molecule has 4 nitrogen and oxygen atoms in total. The van der Waals surface area contributed by atoms with Gasteiger partial charge in [-0.25, -0.2) is 13.4 Å². The van der Waals surface area contributed by atoms with E-state index in [4.69, 9.17) is 28.2 Å². The lowest BCUT2D eigenvalue weighted by atomic mass is 10.0. The minimum atomic E-state index is -3.52. The summed E-state index contributed by atoms with van der Waals surface area (Å²) < 4.78 is 26.4. The lowest BCUT2D eigenvalue weighted by Crippen LogP contribution is -2.39. The second-order valence-corrected chi connectivity index (χ2v) is 12.3. The molecular formula is C24H26Cl2N2O2S2. The zero-order chi connectivity index (χ0) is 23.0. The summed E-state index contributed by atoms with van der Waals surface area (Å²) in [4.78, 5) is 7.22. The third-order valence-corrected chi connectivity index (χ3v) is 10.4. The number of thiazole rings is 1. The van der Waals surface area contributed by atoms with Crippen LogP contribution in [0.1, 0.15) is 40.8 Å². The molecule has 0 aliphatic carbocycles. The molecule has 1 fully saturated rings. The summed E-state index contributed by atoms with van der Waals surface area (Å²) in [5, 5.41) is 3.28. The standard InChI is InChI=1S/C24H26Cl2N2O2S2/c1-15-5-4-6-18(17(15)3)12-19-14-31-24(27-19)28-9-7-20(8-10-28)32(29,30)23-11-16(2)21(25)13-22(23)26/h4-6,11,13-14,20H,7-10,12H2,1-3H3. The molecule has 8 heteroatoms. The highest BCUT2D eigenvalue weighted by Crippen LogP contribution is 2.34. The molecule has 1 aliphatic heterocycles. The summed E-state index contributed by atoms with van der Waals surface area (Å²) in [5.74, 6) is 0. The highest BCUT2D eigenvalue weighted by molar-refractivity contribution is 7.92. The predicted molar refractivity (Wildman–Crippen MR) is 134 cm³/mol. The molecule has 32 heavy (non-hydrogen) atoms. The number of halogens is 2. The Hall–Kier alpha value is -1.60. The fourth-order valence-electron chi connectivity index (χ4n) is 4.11. The van der Waals surface area contributed by atoms with Gasteiger partial charge in [-0.2, -0.15) is 0 Å². The minimum Gasteiger partial charge on any atom is -0.348 e. The first-order chi connectivity index (χ1) is 15.2. The van der Waals surface area contributed by atoms with Crippen molar-refractivity contribution in [2.45, 2.75) is 50.2 Å². The zero-order valence-electron chi connectivity index (χ0n) is 18.4. The normalized spacial score (nSPS) is 15.3. The van der Waals surface area contributed by atoms with Crippen LogP contribution in [0.2, 0.25) is 10.0 Å². The maximum atomic E-state index is 13.2. The van der Waals surface area contributed by atoms with Gasteiger partial charge in [-0.1, -0.05) is 41.4 Å². The first-order valence-electron chi connectivity index (χ1n) is 10.6. The minimum absolute atomic E-state index is 0.185. The van der Waals surface area contributed by atoms with Gasteiger partial charge in [0.05, 0.1) is 20.9 Å². The van der Waals surface area contributed by atoms with Gasteiger partial charge in [-0.3, -0.25) is 0 Å². The van der Waals surface area contributed by atoms with Crippen molar-refractivity contribution in [1.29, 1.82) is 0 Å². The largest absolute Gasteiger partial charge is 0.348 e. The Morgan fingerprint density at radius 3 is 2.50 bits per heavy atom. The van der Waals surface area contributed by atoms with Crippen molar-refractivity contribution in [3.8, 4) is 0 Å². The smallest absolute Gasteiger partial charge is 0.185 e. The number of rotatable bonds is 5. The number of aryl methyl sites for hydroxylation is 2. The van der Waals surface area contributed by atoms with Gasteiger partial charge < -0.3 is 4.90 Å². The zero-order valence-corrected chi connectivity index (χ0v) is 21.5. The number of benzene rings is 2. The summed E-state index contributed by atoms with van der Waals surface area (Å²) in [6, 6.07) is 9.48. The van der Waals surface area contributed by atoms with Crippen LogP contribution in [-0.2, 0) is 16.3 Å². The Morgan fingerprint density at radius 1 is 1.06 bits per heavy atom. The molecule has 3 aromatic rings. The maximum Gasteiger partial charge on any atom is 0.185 e. The fraction of sp³-hybridized carbons (Fsp3) is 0.375. The van der Waals surface area contributed by atoms with E-state index in [0.717, 1.165) is 17.2 Å². The van der Waals surface area contributed by atoms with Crippen molar-refractivity contribution in [2.75, 3.05) is 18.0 Å². The molecule has 1 aromatic heterocycles. The van der Waals surface area contributed by atoms with Gasteiger partial charge in [0.1, 0.15) is 0 Å². The van der Waals surface area contributed by atoms with Crippen LogP contribution in [0.15, 0.2) is 40.6 Å². The number of nitrogens with zero attached hydrogens (tertiary/aromatic N) is 2. The molecule has 2 aromatic carbocycles. The van der Waals surface area contributed by atoms with Crippen LogP contribution in [0.3, 0.4) is 0 Å². The molecule has 0 N–H and O–H groups in total. The molecule has 1 saturated heterocycles. The lowest BCUT2D eigenvalue weighted by Gasteiger charge is -2.31. The van der Waals surface area contributed by atoms with Gasteiger partial charge >= 0.3 is 0 Å². The molecule has 0 radical (unpaired) electrons. The summed E-state index contributed by atoms with van der Waals surface area (Å²) in [7, 11) is -3.52. The lowest BCUT2D eigenvalue weighted by molar-refractivity contribution is 0.529. The first kappa shape index (κ1) is 23.6. The number of anilines is 1. The second kappa shape index (κ2) is 9.34. The predicted octanol–water partition coefficient (Wildman–Crippen LogP) is 6.41. The molecule has 170 valence electrons. The summed E-state index contributed by atoms with van der Waals surface area (Å²) >= 11 is 13.9. The van der Waals surface area contributed by atoms with Gasteiger partial charge in [0, 0.05) is 29.9 Å². The highest BCUT2D eigenvalue weighted by atomic mass is 35.5. The molecule has 1 aliphatic rings. The molecule has 0 atom stereocenters. The molecule has 0 amide bonds. The molecule has 0 spiro atoms. The first-order valence-corrected chi connectivity index (χ1v) is 13.8. The van der Waals surface area contributed by atoms with Crippen molar-refractivity contribution in [1.82, 2.24) is 4.98 Å². The summed E-state index contributed by atoms with van der Waals surface area (Å²) in [5.41, 5.74) is 5.66. The molecule has 4 rings (SSSR count). The molecule has 2 heterocycles. The number of sulfone groups is 1. The quantitative estimate of drug-likeness (QED) is 0.399. The average molecular weight is 510 g/mol. The SMILES string of the molecule is Cc1cc(S(=O)(=O)C2CCN(c3nc(Cc4cccc(C)c4C)cs3)CC2)c(Cl)cc1Cl. The van der Waals surface area contributed by atoms with Crippen molar-refractivity contribution < 1.29 is 8.42 Å². The van der Waals surface area contributed by atoms with E-state index < -0.39 is 15.1 Å². The Balaban J connectivity index is 1.44. The Kier molecular flexibility index (Phi) is 6.87. The van der Waals surface area contributed by atoms with E-state index >= 15 is 0 Å². The van der Waals surface area contributed by atoms with E-state index in [1.165, 1.54) is 22.8 Å². The topological polar surface area (TPSA) is 50.3 Å². The summed E-state index contributed by atoms with van der Waals surface area (Å²) in [6.07, 6.45) is 1.90. The number of hydrogen-bond donors (Lipinski definition) is 0. The van der Waals surface area contributed by atoms with E-state index in [9.17, 15) is 8.42 Å². The third kappa shape index (κ3) is 4.69. The van der Waals surface area contributed by atoms with E-state index in [1.54, 1.807) is 24.3 Å². The van der Waals surface area contributed by atoms with E-state index in [1.807, 2.05) is 0 Å². The van der Waals surface area contributed by atoms with E-state index in [-0.39, 0.29) is 9.92 Å². The summed E-state index contributed by atoms with van der Waals surface area (Å²) in [6.45, 7) is 7.38. The monoisotopic (exact) mass is 508 g/mol. The van der Waals surface area contributed by atoms with Crippen LogP contribution in [0.5, 0.6) is 0 Å². The van der Waals surface area contributed by atoms with Crippen LogP contribution < -0.4 is 4.90 Å². The second-order valence-electron chi connectivity index (χ2n) is 8.42. The highest BCUT2D eigenvalue weighted by Gasteiger charge is 2.33. The van der Waals surface area contributed by atoms with E-state index in [2.05, 4.69) is 42.3 Å². The van der Waals surface area contributed by atoms with Gasteiger partial charge in [0.15, 0.2) is 15.0 Å². The van der Waals surface area contributed by atoms with E-state index in [0.29, 0.717) is 36.5 Å². The van der Waals surface area contributed by atoms with Gasteiger partial charge in [-0.05, 0) is 68.0 Å². The molecular weight excluding hydrogens is 483 g/mol. The Labute approximate surface area is 204 Å². The molecule has 0 saturated carbocycles. The van der Waals surface area contributed by atoms with Crippen LogP contribution in [-0.4, -0.2) is 31.7 Å². The average Bonchev–Trinajstić information content (AvgIpc) is 3.22. The van der Waals surface area contributed by atoms with Gasteiger partial charge in [-0.15, -0.1) is 11.3 Å². The van der Waals surface area contributed by atoms with Crippen LogP contribution in [0.25, 0.3) is 0 Å². The fourth-order valence-corrected chi connectivity index (χ4v) is 7.55. The van der Waals surface area contributed by atoms with Gasteiger partial charge in [0.2, 0.25) is 0 Å². The third-order valence-electron chi connectivity index (χ3n) is 6.30. The number of hydrogen-bond acceptors (Lipinski definition) is 5. The number of aromatic nitrogens is 1. The maximum absolute atomic E-state index is 13.2. The van der Waals surface area contributed by atoms with Crippen molar-refractivity contribution >= 4 is 49.5 Å². The Morgan fingerprint density at radius 2 is 1.78 bits per heavy atom. The molecule has 0 unspecified atom stereocenters.